The number of hydrogen-bond donors (Lipinski definition) is 0. The molecular weight excluding hydrogens is 172 g/mol. The van der Waals surface area contributed by atoms with Gasteiger partial charge in [-0.2, -0.15) is 0 Å². The Labute approximate surface area is 74.2 Å². The first-order valence-electron chi connectivity index (χ1n) is 3.46. The number of benzene rings is 1. The quantitative estimate of drug-likeness (QED) is 0.653. The average Bonchev–Trinajstić information content (AvgIpc) is 2.04. The highest BCUT2D eigenvalue weighted by molar-refractivity contribution is 7.89. The van der Waals surface area contributed by atoms with Crippen LogP contribution in [0, 0.1) is 6.92 Å². The van der Waals surface area contributed by atoms with Gasteiger partial charge in [-0.3, -0.25) is 4.21 Å². The maximum absolute atomic E-state index is 10.5. The summed E-state index contributed by atoms with van der Waals surface area (Å²) in [5, 5.41) is 0. The van der Waals surface area contributed by atoms with Gasteiger partial charge < -0.3 is 4.55 Å². The second-order valence-corrected chi connectivity index (χ2v) is 3.49. The Morgan fingerprint density at radius 2 is 1.92 bits per heavy atom. The van der Waals surface area contributed by atoms with Gasteiger partial charge in [-0.25, -0.2) is 0 Å². The van der Waals surface area contributed by atoms with E-state index >= 15 is 0 Å². The van der Waals surface area contributed by atoms with E-state index in [9.17, 15) is 8.76 Å². The molecule has 1 aromatic carbocycles. The SMILES string of the molecule is C=C(c1ccc(C)cc1)S(=O)[O-]. The highest BCUT2D eigenvalue weighted by Crippen LogP contribution is 2.14. The van der Waals surface area contributed by atoms with E-state index in [-0.39, 0.29) is 4.91 Å². The average molecular weight is 181 g/mol. The predicted molar refractivity (Wildman–Crippen MR) is 49.1 cm³/mol. The lowest BCUT2D eigenvalue weighted by Crippen LogP contribution is -1.90. The van der Waals surface area contributed by atoms with Crippen LogP contribution in [0.4, 0.5) is 0 Å². The van der Waals surface area contributed by atoms with Crippen LogP contribution in [0.1, 0.15) is 11.1 Å². The predicted octanol–water partition coefficient (Wildman–Crippen LogP) is 1.84. The summed E-state index contributed by atoms with van der Waals surface area (Å²) in [6, 6.07) is 7.20. The minimum absolute atomic E-state index is 0.134. The first-order valence-corrected chi connectivity index (χ1v) is 4.54. The monoisotopic (exact) mass is 181 g/mol. The fourth-order valence-corrected chi connectivity index (χ4v) is 1.16. The van der Waals surface area contributed by atoms with Crippen LogP contribution < -0.4 is 0 Å². The van der Waals surface area contributed by atoms with Crippen molar-refractivity contribution in [3.05, 3.63) is 42.0 Å². The van der Waals surface area contributed by atoms with Crippen LogP contribution in [-0.4, -0.2) is 8.76 Å². The Balaban J connectivity index is 2.98. The molecule has 0 aliphatic rings. The van der Waals surface area contributed by atoms with E-state index in [1.54, 1.807) is 12.1 Å². The molecule has 1 aromatic rings. The lowest BCUT2D eigenvalue weighted by Gasteiger charge is -2.08. The topological polar surface area (TPSA) is 40.1 Å². The van der Waals surface area contributed by atoms with Crippen LogP contribution in [0.2, 0.25) is 0 Å². The number of aryl methyl sites for hydroxylation is 1. The van der Waals surface area contributed by atoms with E-state index in [1.807, 2.05) is 19.1 Å². The molecular formula is C9H9O2S-. The van der Waals surface area contributed by atoms with E-state index in [2.05, 4.69) is 6.58 Å². The van der Waals surface area contributed by atoms with Crippen molar-refractivity contribution in [3.8, 4) is 0 Å². The van der Waals surface area contributed by atoms with E-state index in [4.69, 9.17) is 0 Å². The molecule has 64 valence electrons. The molecule has 1 unspecified atom stereocenters. The van der Waals surface area contributed by atoms with Gasteiger partial charge in [-0.15, -0.1) is 0 Å². The van der Waals surface area contributed by atoms with Crippen molar-refractivity contribution in [1.29, 1.82) is 0 Å². The van der Waals surface area contributed by atoms with Gasteiger partial charge in [0.2, 0.25) is 0 Å². The smallest absolute Gasteiger partial charge is 0.0249 e. The molecule has 0 saturated carbocycles. The molecule has 1 atom stereocenters. The summed E-state index contributed by atoms with van der Waals surface area (Å²) in [5.74, 6) is 0. The van der Waals surface area contributed by atoms with Gasteiger partial charge in [-0.1, -0.05) is 36.4 Å². The zero-order valence-corrected chi connectivity index (χ0v) is 7.56. The molecule has 2 nitrogen and oxygen atoms in total. The molecule has 0 spiro atoms. The Kier molecular flexibility index (Phi) is 2.78. The van der Waals surface area contributed by atoms with Crippen molar-refractivity contribution >= 4 is 16.0 Å². The molecule has 0 saturated heterocycles. The zero-order chi connectivity index (χ0) is 9.14. The van der Waals surface area contributed by atoms with Crippen molar-refractivity contribution in [2.75, 3.05) is 0 Å². The largest absolute Gasteiger partial charge is 0.768 e. The van der Waals surface area contributed by atoms with Gasteiger partial charge in [0, 0.05) is 4.91 Å². The summed E-state index contributed by atoms with van der Waals surface area (Å²) in [7, 11) is 0. The summed E-state index contributed by atoms with van der Waals surface area (Å²) in [6.07, 6.45) is 0. The fourth-order valence-electron chi connectivity index (χ4n) is 0.836. The molecule has 0 aliphatic carbocycles. The van der Waals surface area contributed by atoms with Crippen molar-refractivity contribution in [2.45, 2.75) is 6.92 Å². The van der Waals surface area contributed by atoms with Crippen LogP contribution in [0.5, 0.6) is 0 Å². The first-order chi connectivity index (χ1) is 5.61. The summed E-state index contributed by atoms with van der Waals surface area (Å²) in [4.78, 5) is 0.134. The Morgan fingerprint density at radius 3 is 2.33 bits per heavy atom. The maximum Gasteiger partial charge on any atom is 0.0249 e. The molecule has 1 rings (SSSR count). The van der Waals surface area contributed by atoms with Gasteiger partial charge in [0.25, 0.3) is 0 Å². The van der Waals surface area contributed by atoms with Crippen molar-refractivity contribution in [3.63, 3.8) is 0 Å². The third kappa shape index (κ3) is 2.03. The molecule has 12 heavy (non-hydrogen) atoms. The molecule has 0 N–H and O–H groups in total. The van der Waals surface area contributed by atoms with E-state index in [0.29, 0.717) is 5.56 Å². The molecule has 0 bridgehead atoms. The van der Waals surface area contributed by atoms with Gasteiger partial charge in [-0.05, 0) is 23.6 Å². The minimum atomic E-state index is -2.21. The Bertz CT molecular complexity index is 314. The lowest BCUT2D eigenvalue weighted by molar-refractivity contribution is 0.548. The molecule has 0 heterocycles. The van der Waals surface area contributed by atoms with Crippen molar-refractivity contribution in [1.82, 2.24) is 0 Å². The molecule has 0 radical (unpaired) electrons. The standard InChI is InChI=1S/C9H10O2S/c1-7-3-5-9(6-4-7)8(2)12(10)11/h3-6H,2H2,1H3,(H,10,11)/p-1. The molecule has 0 amide bonds. The van der Waals surface area contributed by atoms with Crippen LogP contribution in [-0.2, 0) is 11.1 Å². The van der Waals surface area contributed by atoms with Crippen LogP contribution in [0.3, 0.4) is 0 Å². The van der Waals surface area contributed by atoms with E-state index in [0.717, 1.165) is 5.56 Å². The zero-order valence-electron chi connectivity index (χ0n) is 6.74. The second-order valence-electron chi connectivity index (χ2n) is 2.52. The lowest BCUT2D eigenvalue weighted by atomic mass is 10.1. The third-order valence-corrected chi connectivity index (χ3v) is 2.21. The van der Waals surface area contributed by atoms with Crippen LogP contribution in [0.15, 0.2) is 30.8 Å². The van der Waals surface area contributed by atoms with Crippen molar-refractivity contribution < 1.29 is 8.76 Å². The van der Waals surface area contributed by atoms with Gasteiger partial charge >= 0.3 is 0 Å². The molecule has 0 aliphatic heterocycles. The molecule has 0 aromatic heterocycles. The maximum atomic E-state index is 10.5. The van der Waals surface area contributed by atoms with Gasteiger partial charge in [0.1, 0.15) is 0 Å². The second kappa shape index (κ2) is 3.65. The number of rotatable bonds is 2. The summed E-state index contributed by atoms with van der Waals surface area (Å²) >= 11 is -2.21. The third-order valence-electron chi connectivity index (χ3n) is 1.57. The summed E-state index contributed by atoms with van der Waals surface area (Å²) < 4.78 is 21.0. The fraction of sp³-hybridized carbons (Fsp3) is 0.111. The van der Waals surface area contributed by atoms with Crippen LogP contribution in [0.25, 0.3) is 4.91 Å². The summed E-state index contributed by atoms with van der Waals surface area (Å²) in [5.41, 5.74) is 1.75. The van der Waals surface area contributed by atoms with Crippen molar-refractivity contribution in [2.24, 2.45) is 0 Å². The van der Waals surface area contributed by atoms with Gasteiger partial charge in [0.15, 0.2) is 0 Å². The Morgan fingerprint density at radius 1 is 1.42 bits per heavy atom. The summed E-state index contributed by atoms with van der Waals surface area (Å²) in [6.45, 7) is 5.39. The highest BCUT2D eigenvalue weighted by Gasteiger charge is 1.96. The van der Waals surface area contributed by atoms with Crippen LogP contribution >= 0.6 is 0 Å². The normalized spacial score (nSPS) is 12.5. The first kappa shape index (κ1) is 9.16. The van der Waals surface area contributed by atoms with E-state index in [1.165, 1.54) is 0 Å². The molecule has 3 heteroatoms. The Hall–Kier alpha value is -0.930. The minimum Gasteiger partial charge on any atom is -0.768 e. The van der Waals surface area contributed by atoms with Gasteiger partial charge in [0.05, 0.1) is 0 Å². The molecule has 0 fully saturated rings. The number of hydrogen-bond acceptors (Lipinski definition) is 2. The van der Waals surface area contributed by atoms with E-state index < -0.39 is 11.1 Å². The highest BCUT2D eigenvalue weighted by atomic mass is 32.2.